The summed E-state index contributed by atoms with van der Waals surface area (Å²) in [6.45, 7) is 9.33. The highest BCUT2D eigenvalue weighted by atomic mass is 32.2. The van der Waals surface area contributed by atoms with Crippen LogP contribution in [0.1, 0.15) is 26.7 Å². The molecule has 0 aliphatic carbocycles. The van der Waals surface area contributed by atoms with Gasteiger partial charge in [0, 0.05) is 24.9 Å². The lowest BCUT2D eigenvalue weighted by atomic mass is 10.2. The molecule has 3 heteroatoms. The van der Waals surface area contributed by atoms with Crippen LogP contribution in [0.2, 0.25) is 0 Å². The molecule has 1 fully saturated rings. The lowest BCUT2D eigenvalue weighted by Crippen LogP contribution is -2.39. The van der Waals surface area contributed by atoms with Gasteiger partial charge in [-0.1, -0.05) is 13.8 Å². The summed E-state index contributed by atoms with van der Waals surface area (Å²) in [5.74, 6) is 2.56. The zero-order valence-electron chi connectivity index (χ0n) is 9.59. The minimum atomic E-state index is 0.812. The number of likely N-dealkylation sites (N-methyl/N-ethyl adjacent to an activating group) is 1. The molecule has 1 N–H and O–H groups in total. The second kappa shape index (κ2) is 7.55. The Bertz CT molecular complexity index is 141. The Hall–Kier alpha value is 0.270. The fourth-order valence-electron chi connectivity index (χ4n) is 2.06. The Morgan fingerprint density at radius 3 is 3.00 bits per heavy atom. The molecule has 0 aromatic carbocycles. The molecule has 0 aromatic heterocycles. The summed E-state index contributed by atoms with van der Waals surface area (Å²) in [5.41, 5.74) is 0. The number of hydrogen-bond acceptors (Lipinski definition) is 3. The van der Waals surface area contributed by atoms with Gasteiger partial charge in [0.1, 0.15) is 0 Å². The van der Waals surface area contributed by atoms with Crippen LogP contribution < -0.4 is 5.32 Å². The summed E-state index contributed by atoms with van der Waals surface area (Å²) < 4.78 is 0. The Balaban J connectivity index is 2.14. The van der Waals surface area contributed by atoms with Gasteiger partial charge < -0.3 is 5.32 Å². The molecule has 0 aromatic rings. The van der Waals surface area contributed by atoms with E-state index in [2.05, 4.69) is 35.8 Å². The van der Waals surface area contributed by atoms with Gasteiger partial charge in [-0.15, -0.1) is 0 Å². The molecule has 1 rings (SSSR count). The van der Waals surface area contributed by atoms with E-state index in [4.69, 9.17) is 0 Å². The molecule has 2 nitrogen and oxygen atoms in total. The van der Waals surface area contributed by atoms with Crippen molar-refractivity contribution in [2.75, 3.05) is 37.7 Å². The molecule has 0 saturated carbocycles. The minimum Gasteiger partial charge on any atom is -0.315 e. The summed E-state index contributed by atoms with van der Waals surface area (Å²) >= 11 is 2.06. The van der Waals surface area contributed by atoms with Crippen molar-refractivity contribution in [3.8, 4) is 0 Å². The number of nitrogens with zero attached hydrogens (tertiary/aromatic N) is 1. The zero-order valence-corrected chi connectivity index (χ0v) is 10.4. The average Bonchev–Trinajstić information content (AvgIpc) is 2.63. The first-order chi connectivity index (χ1) is 6.88. The second-order valence-corrected chi connectivity index (χ2v) is 5.23. The first-order valence-electron chi connectivity index (χ1n) is 5.91. The maximum absolute atomic E-state index is 3.46. The summed E-state index contributed by atoms with van der Waals surface area (Å²) in [6, 6.07) is 0.812. The molecule has 0 amide bonds. The van der Waals surface area contributed by atoms with E-state index in [1.165, 1.54) is 44.0 Å². The summed E-state index contributed by atoms with van der Waals surface area (Å²) in [4.78, 5) is 2.66. The van der Waals surface area contributed by atoms with Gasteiger partial charge in [0.2, 0.25) is 0 Å². The van der Waals surface area contributed by atoms with Gasteiger partial charge in [0.05, 0.1) is 0 Å². The predicted molar refractivity (Wildman–Crippen MR) is 66.1 cm³/mol. The predicted octanol–water partition coefficient (Wildman–Crippen LogP) is 1.81. The van der Waals surface area contributed by atoms with Gasteiger partial charge in [-0.2, -0.15) is 11.8 Å². The fraction of sp³-hybridized carbons (Fsp3) is 1.00. The van der Waals surface area contributed by atoms with E-state index in [0.29, 0.717) is 0 Å². The monoisotopic (exact) mass is 216 g/mol. The first kappa shape index (κ1) is 12.3. The molecule has 1 atom stereocenters. The van der Waals surface area contributed by atoms with Crippen LogP contribution in [0.5, 0.6) is 0 Å². The molecular weight excluding hydrogens is 192 g/mol. The SMILES string of the molecule is CCNCC1CCCN1CCSCC. The van der Waals surface area contributed by atoms with E-state index in [-0.39, 0.29) is 0 Å². The van der Waals surface area contributed by atoms with Crippen LogP contribution in [-0.4, -0.2) is 48.6 Å². The van der Waals surface area contributed by atoms with E-state index < -0.39 is 0 Å². The highest BCUT2D eigenvalue weighted by molar-refractivity contribution is 7.99. The number of nitrogens with one attached hydrogen (secondary N) is 1. The van der Waals surface area contributed by atoms with Crippen molar-refractivity contribution >= 4 is 11.8 Å². The van der Waals surface area contributed by atoms with Gasteiger partial charge in [-0.25, -0.2) is 0 Å². The third-order valence-electron chi connectivity index (χ3n) is 2.86. The quantitative estimate of drug-likeness (QED) is 0.654. The van der Waals surface area contributed by atoms with E-state index in [1.807, 2.05) is 0 Å². The van der Waals surface area contributed by atoms with Crippen LogP contribution in [0.25, 0.3) is 0 Å². The number of hydrogen-bond donors (Lipinski definition) is 1. The number of rotatable bonds is 7. The molecule has 0 bridgehead atoms. The second-order valence-electron chi connectivity index (χ2n) is 3.84. The van der Waals surface area contributed by atoms with E-state index >= 15 is 0 Å². The summed E-state index contributed by atoms with van der Waals surface area (Å²) in [5, 5.41) is 3.46. The number of thioether (sulfide) groups is 1. The Labute approximate surface area is 92.8 Å². The molecule has 1 aliphatic heterocycles. The highest BCUT2D eigenvalue weighted by Gasteiger charge is 2.22. The van der Waals surface area contributed by atoms with Gasteiger partial charge in [0.15, 0.2) is 0 Å². The molecule has 0 spiro atoms. The van der Waals surface area contributed by atoms with Crippen LogP contribution in [0.3, 0.4) is 0 Å². The largest absolute Gasteiger partial charge is 0.315 e. The van der Waals surface area contributed by atoms with Gasteiger partial charge >= 0.3 is 0 Å². The van der Waals surface area contributed by atoms with Crippen molar-refractivity contribution in [2.45, 2.75) is 32.7 Å². The average molecular weight is 216 g/mol. The molecule has 1 aliphatic rings. The van der Waals surface area contributed by atoms with Crippen LogP contribution in [-0.2, 0) is 0 Å². The Morgan fingerprint density at radius 2 is 2.29 bits per heavy atom. The van der Waals surface area contributed by atoms with Crippen molar-refractivity contribution in [1.29, 1.82) is 0 Å². The van der Waals surface area contributed by atoms with Crippen LogP contribution in [0.4, 0.5) is 0 Å². The summed E-state index contributed by atoms with van der Waals surface area (Å²) in [6.07, 6.45) is 2.79. The van der Waals surface area contributed by atoms with E-state index in [9.17, 15) is 0 Å². The Morgan fingerprint density at radius 1 is 1.43 bits per heavy atom. The van der Waals surface area contributed by atoms with Crippen LogP contribution in [0.15, 0.2) is 0 Å². The van der Waals surface area contributed by atoms with Crippen molar-refractivity contribution in [3.63, 3.8) is 0 Å². The topological polar surface area (TPSA) is 15.3 Å². The number of likely N-dealkylation sites (tertiary alicyclic amines) is 1. The highest BCUT2D eigenvalue weighted by Crippen LogP contribution is 2.16. The third kappa shape index (κ3) is 4.20. The zero-order chi connectivity index (χ0) is 10.2. The maximum Gasteiger partial charge on any atom is 0.0221 e. The van der Waals surface area contributed by atoms with Gasteiger partial charge in [-0.05, 0) is 31.7 Å². The Kier molecular flexibility index (Phi) is 6.65. The molecule has 0 radical (unpaired) electrons. The van der Waals surface area contributed by atoms with Gasteiger partial charge in [0.25, 0.3) is 0 Å². The lowest BCUT2D eigenvalue weighted by molar-refractivity contribution is 0.263. The lowest BCUT2D eigenvalue weighted by Gasteiger charge is -2.24. The normalized spacial score (nSPS) is 23.1. The van der Waals surface area contributed by atoms with Crippen molar-refractivity contribution in [3.05, 3.63) is 0 Å². The first-order valence-corrected chi connectivity index (χ1v) is 7.06. The van der Waals surface area contributed by atoms with Crippen molar-refractivity contribution in [2.24, 2.45) is 0 Å². The smallest absolute Gasteiger partial charge is 0.0221 e. The fourth-order valence-corrected chi connectivity index (χ4v) is 2.71. The molecule has 1 unspecified atom stereocenters. The molecule has 1 heterocycles. The van der Waals surface area contributed by atoms with Crippen LogP contribution >= 0.6 is 11.8 Å². The molecule has 14 heavy (non-hydrogen) atoms. The van der Waals surface area contributed by atoms with E-state index in [0.717, 1.165) is 12.6 Å². The maximum atomic E-state index is 3.46. The standard InChI is InChI=1S/C11H24N2S/c1-3-12-10-11-6-5-7-13(11)8-9-14-4-2/h11-12H,3-10H2,1-2H3. The van der Waals surface area contributed by atoms with Crippen molar-refractivity contribution in [1.82, 2.24) is 10.2 Å². The molecule has 84 valence electrons. The minimum absolute atomic E-state index is 0.812. The summed E-state index contributed by atoms with van der Waals surface area (Å²) in [7, 11) is 0. The molecular formula is C11H24N2S. The van der Waals surface area contributed by atoms with Gasteiger partial charge in [-0.3, -0.25) is 4.90 Å². The van der Waals surface area contributed by atoms with E-state index in [1.54, 1.807) is 0 Å². The third-order valence-corrected chi connectivity index (χ3v) is 3.74. The van der Waals surface area contributed by atoms with Crippen LogP contribution in [0, 0.1) is 0 Å². The van der Waals surface area contributed by atoms with Crippen molar-refractivity contribution < 1.29 is 0 Å². The molecule has 1 saturated heterocycles.